The van der Waals surface area contributed by atoms with Crippen LogP contribution >= 0.6 is 0 Å². The van der Waals surface area contributed by atoms with E-state index in [1.807, 2.05) is 31.5 Å². The number of fused-ring (bicyclic) bond motifs is 1. The van der Waals surface area contributed by atoms with Gasteiger partial charge >= 0.3 is 0 Å². The molecule has 2 aromatic carbocycles. The molecule has 0 bridgehead atoms. The molecule has 6 nitrogen and oxygen atoms in total. The first-order chi connectivity index (χ1) is 14.9. The second kappa shape index (κ2) is 8.51. The van der Waals surface area contributed by atoms with E-state index in [0.29, 0.717) is 23.7 Å². The van der Waals surface area contributed by atoms with Crippen LogP contribution < -0.4 is 10.1 Å². The lowest BCUT2D eigenvalue weighted by Crippen LogP contribution is -2.17. The summed E-state index contributed by atoms with van der Waals surface area (Å²) in [5.74, 6) is -0.839. The minimum Gasteiger partial charge on any atom is -0.491 e. The van der Waals surface area contributed by atoms with Crippen LogP contribution in [0.5, 0.6) is 5.75 Å². The van der Waals surface area contributed by atoms with E-state index in [2.05, 4.69) is 5.32 Å². The first-order valence-corrected chi connectivity index (χ1v) is 10.3. The predicted octanol–water partition coefficient (Wildman–Crippen LogP) is 4.56. The molecule has 0 aliphatic carbocycles. The number of amides is 1. The zero-order chi connectivity index (χ0) is 22.1. The van der Waals surface area contributed by atoms with Gasteiger partial charge in [-0.3, -0.25) is 9.59 Å². The first kappa shape index (κ1) is 21.1. The number of hydrogen-bond acceptors (Lipinski definition) is 4. The van der Waals surface area contributed by atoms with E-state index < -0.39 is 11.7 Å². The van der Waals surface area contributed by atoms with Crippen molar-refractivity contribution in [2.75, 3.05) is 18.5 Å². The van der Waals surface area contributed by atoms with Crippen molar-refractivity contribution in [2.45, 2.75) is 32.8 Å². The topological polar surface area (TPSA) is 69.6 Å². The molecule has 1 aromatic heterocycles. The summed E-state index contributed by atoms with van der Waals surface area (Å²) in [4.78, 5) is 24.2. The Morgan fingerprint density at radius 3 is 2.77 bits per heavy atom. The number of aryl methyl sites for hydroxylation is 3. The summed E-state index contributed by atoms with van der Waals surface area (Å²) >= 11 is 0. The van der Waals surface area contributed by atoms with E-state index >= 15 is 0 Å². The molecule has 1 amide bonds. The lowest BCUT2D eigenvalue weighted by atomic mass is 10.1. The number of carbonyl (C=O) groups excluding carboxylic acids is 2. The van der Waals surface area contributed by atoms with Gasteiger partial charge in [0.1, 0.15) is 18.2 Å². The van der Waals surface area contributed by atoms with Crippen molar-refractivity contribution in [3.05, 3.63) is 58.5 Å². The fraction of sp³-hybridized carbons (Fsp3) is 0.333. The molecule has 3 aromatic rings. The summed E-state index contributed by atoms with van der Waals surface area (Å²) in [6.45, 7) is 4.85. The van der Waals surface area contributed by atoms with Crippen LogP contribution in [-0.4, -0.2) is 36.1 Å². The SMILES string of the molecule is Cc1c(C=O)n(C)c2c(C)c(NC(=O)c3ccc(OC[C@@H]4CCCO4)cc3F)ccc12. The monoisotopic (exact) mass is 424 g/mol. The van der Waals surface area contributed by atoms with Crippen molar-refractivity contribution >= 4 is 28.8 Å². The van der Waals surface area contributed by atoms with Gasteiger partial charge in [-0.05, 0) is 56.0 Å². The number of ether oxygens (including phenoxy) is 2. The Bertz CT molecular complexity index is 1160. The van der Waals surface area contributed by atoms with Crippen LogP contribution in [0.15, 0.2) is 30.3 Å². The number of nitrogens with zero attached hydrogens (tertiary/aromatic N) is 1. The smallest absolute Gasteiger partial charge is 0.258 e. The molecule has 1 saturated heterocycles. The average molecular weight is 424 g/mol. The van der Waals surface area contributed by atoms with Gasteiger partial charge in [-0.15, -0.1) is 0 Å². The summed E-state index contributed by atoms with van der Waals surface area (Å²) in [5, 5.41) is 3.73. The van der Waals surface area contributed by atoms with Crippen LogP contribution in [0.4, 0.5) is 10.1 Å². The molecule has 0 unspecified atom stereocenters. The van der Waals surface area contributed by atoms with Crippen molar-refractivity contribution in [1.29, 1.82) is 0 Å². The van der Waals surface area contributed by atoms with Gasteiger partial charge in [0.25, 0.3) is 5.91 Å². The second-order valence-corrected chi connectivity index (χ2v) is 7.86. The van der Waals surface area contributed by atoms with Crippen LogP contribution in [0.1, 0.15) is 44.8 Å². The highest BCUT2D eigenvalue weighted by Crippen LogP contribution is 2.31. The highest BCUT2D eigenvalue weighted by atomic mass is 19.1. The van der Waals surface area contributed by atoms with Crippen LogP contribution in [0.2, 0.25) is 0 Å². The zero-order valence-electron chi connectivity index (χ0n) is 17.8. The number of benzene rings is 2. The van der Waals surface area contributed by atoms with Crippen LogP contribution in [0, 0.1) is 19.7 Å². The van der Waals surface area contributed by atoms with Gasteiger partial charge in [0, 0.05) is 30.8 Å². The molecule has 0 spiro atoms. The van der Waals surface area contributed by atoms with E-state index in [9.17, 15) is 14.0 Å². The quantitative estimate of drug-likeness (QED) is 0.589. The number of aldehydes is 1. The second-order valence-electron chi connectivity index (χ2n) is 7.86. The van der Waals surface area contributed by atoms with E-state index in [1.165, 1.54) is 12.1 Å². The largest absolute Gasteiger partial charge is 0.491 e. The Morgan fingerprint density at radius 1 is 1.29 bits per heavy atom. The van der Waals surface area contributed by atoms with Gasteiger partial charge in [0.15, 0.2) is 6.29 Å². The van der Waals surface area contributed by atoms with E-state index in [4.69, 9.17) is 9.47 Å². The molecule has 1 aliphatic heterocycles. The molecule has 1 atom stereocenters. The normalized spacial score (nSPS) is 15.9. The zero-order valence-corrected chi connectivity index (χ0v) is 17.8. The summed E-state index contributed by atoms with van der Waals surface area (Å²) in [6.07, 6.45) is 2.79. The maximum Gasteiger partial charge on any atom is 0.258 e. The summed E-state index contributed by atoms with van der Waals surface area (Å²) in [7, 11) is 1.81. The number of anilines is 1. The lowest BCUT2D eigenvalue weighted by molar-refractivity contribution is 0.0678. The van der Waals surface area contributed by atoms with E-state index in [-0.39, 0.29) is 11.7 Å². The summed E-state index contributed by atoms with van der Waals surface area (Å²) in [5.41, 5.74) is 3.64. The molecule has 2 heterocycles. The molecular weight excluding hydrogens is 399 g/mol. The van der Waals surface area contributed by atoms with Crippen molar-refractivity contribution in [3.63, 3.8) is 0 Å². The van der Waals surface area contributed by atoms with Gasteiger partial charge < -0.3 is 19.4 Å². The standard InChI is InChI=1S/C24H25FN2O4/c1-14-18-8-9-21(15(2)23(18)27(3)22(14)12-28)26-24(29)19-7-6-16(11-20(19)25)31-13-17-5-4-10-30-17/h6-9,11-12,17H,4-5,10,13H2,1-3H3,(H,26,29)/t17-/m0/s1. The maximum absolute atomic E-state index is 14.6. The van der Waals surface area contributed by atoms with Gasteiger partial charge in [0.05, 0.1) is 22.9 Å². The van der Waals surface area contributed by atoms with Gasteiger partial charge in [0.2, 0.25) is 0 Å². The molecular formula is C24H25FN2O4. The molecule has 31 heavy (non-hydrogen) atoms. The molecule has 0 saturated carbocycles. The molecule has 4 rings (SSSR count). The Hall–Kier alpha value is -3.19. The molecule has 162 valence electrons. The van der Waals surface area contributed by atoms with Crippen LogP contribution in [-0.2, 0) is 11.8 Å². The number of halogens is 1. The minimum absolute atomic E-state index is 0.0322. The fourth-order valence-corrected chi connectivity index (χ4v) is 4.17. The van der Waals surface area contributed by atoms with Gasteiger partial charge in [-0.25, -0.2) is 4.39 Å². The van der Waals surface area contributed by atoms with Crippen molar-refractivity contribution in [2.24, 2.45) is 7.05 Å². The third kappa shape index (κ3) is 3.93. The summed E-state index contributed by atoms with van der Waals surface area (Å²) < 4.78 is 27.5. The Morgan fingerprint density at radius 2 is 2.10 bits per heavy atom. The van der Waals surface area contributed by atoms with E-state index in [0.717, 1.165) is 47.8 Å². The minimum atomic E-state index is -0.654. The lowest BCUT2D eigenvalue weighted by Gasteiger charge is -2.13. The number of rotatable bonds is 6. The van der Waals surface area contributed by atoms with Gasteiger partial charge in [-0.2, -0.15) is 0 Å². The van der Waals surface area contributed by atoms with Gasteiger partial charge in [-0.1, -0.05) is 6.07 Å². The number of hydrogen-bond donors (Lipinski definition) is 1. The fourth-order valence-electron chi connectivity index (χ4n) is 4.17. The Labute approximate surface area is 179 Å². The number of nitrogens with one attached hydrogen (secondary N) is 1. The van der Waals surface area contributed by atoms with Crippen LogP contribution in [0.3, 0.4) is 0 Å². The van der Waals surface area contributed by atoms with Crippen LogP contribution in [0.25, 0.3) is 10.9 Å². The Kier molecular flexibility index (Phi) is 5.78. The average Bonchev–Trinajstić information content (AvgIpc) is 3.35. The highest BCUT2D eigenvalue weighted by molar-refractivity contribution is 6.07. The van der Waals surface area contributed by atoms with Crippen molar-refractivity contribution in [3.8, 4) is 5.75 Å². The first-order valence-electron chi connectivity index (χ1n) is 10.3. The summed E-state index contributed by atoms with van der Waals surface area (Å²) in [6, 6.07) is 7.85. The van der Waals surface area contributed by atoms with E-state index in [1.54, 1.807) is 12.1 Å². The molecule has 0 radical (unpaired) electrons. The molecule has 7 heteroatoms. The third-order valence-corrected chi connectivity index (χ3v) is 5.92. The number of aromatic nitrogens is 1. The highest BCUT2D eigenvalue weighted by Gasteiger charge is 2.19. The molecule has 1 fully saturated rings. The Balaban J connectivity index is 1.53. The number of carbonyl (C=O) groups is 2. The molecule has 1 N–H and O–H groups in total. The predicted molar refractivity (Wildman–Crippen MR) is 117 cm³/mol. The molecule has 1 aliphatic rings. The maximum atomic E-state index is 14.6. The van der Waals surface area contributed by atoms with Crippen molar-refractivity contribution < 1.29 is 23.5 Å². The third-order valence-electron chi connectivity index (χ3n) is 5.92. The van der Waals surface area contributed by atoms with Crippen molar-refractivity contribution in [1.82, 2.24) is 4.57 Å².